The minimum absolute atomic E-state index is 0.0101. The number of halogens is 1. The van der Waals surface area contributed by atoms with Crippen molar-refractivity contribution in [3.63, 3.8) is 0 Å². The van der Waals surface area contributed by atoms with Crippen LogP contribution in [-0.4, -0.2) is 23.9 Å². The lowest BCUT2D eigenvalue weighted by atomic mass is 9.85. The first-order valence-electron chi connectivity index (χ1n) is 8.48. The summed E-state index contributed by atoms with van der Waals surface area (Å²) in [6, 6.07) is 14.2. The van der Waals surface area contributed by atoms with Gasteiger partial charge in [0, 0.05) is 24.7 Å². The monoisotopic (exact) mass is 334 g/mol. The molecule has 0 spiro atoms. The molecule has 0 saturated carbocycles. The van der Waals surface area contributed by atoms with Crippen LogP contribution >= 0.6 is 0 Å². The van der Waals surface area contributed by atoms with Gasteiger partial charge in [0.2, 0.25) is 0 Å². The van der Waals surface area contributed by atoms with E-state index in [2.05, 4.69) is 11.0 Å². The van der Waals surface area contributed by atoms with E-state index in [1.54, 1.807) is 0 Å². The highest BCUT2D eigenvalue weighted by atomic mass is 19.1. The molecule has 0 radical (unpaired) electrons. The van der Waals surface area contributed by atoms with Gasteiger partial charge in [-0.2, -0.15) is 0 Å². The number of hydrogen-bond donors (Lipinski definition) is 1. The lowest BCUT2D eigenvalue weighted by Gasteiger charge is -2.36. The zero-order chi connectivity index (χ0) is 17.4. The molecule has 2 aliphatic heterocycles. The van der Waals surface area contributed by atoms with Crippen molar-refractivity contribution in [2.45, 2.75) is 24.8 Å². The van der Waals surface area contributed by atoms with Gasteiger partial charge in [0.05, 0.1) is 11.7 Å². The van der Waals surface area contributed by atoms with Crippen LogP contribution < -0.4 is 5.32 Å². The molecule has 4 heteroatoms. The van der Waals surface area contributed by atoms with Gasteiger partial charge in [0.25, 0.3) is 5.91 Å². The highest BCUT2D eigenvalue weighted by molar-refractivity contribution is 5.97. The maximum atomic E-state index is 13.2. The van der Waals surface area contributed by atoms with E-state index in [4.69, 9.17) is 0 Å². The molecule has 2 atom stereocenters. The Morgan fingerprint density at radius 2 is 2.04 bits per heavy atom. The van der Waals surface area contributed by atoms with Crippen molar-refractivity contribution < 1.29 is 9.18 Å². The Balaban J connectivity index is 1.55. The Kier molecular flexibility index (Phi) is 3.90. The number of anilines is 1. The molecule has 2 heterocycles. The minimum atomic E-state index is -0.221. The van der Waals surface area contributed by atoms with Gasteiger partial charge in [-0.15, -0.1) is 5.73 Å². The standard InChI is InChI=1S/C21H19FN2O/c1-23-18-4-2-3-15(11-18)21(25)24-19-9-10-20(24)13-16(12-19)14-5-7-17(22)8-6-14/h2-9,11,16,19,23H,12-13H2,1H3/t16?,19-/m1/s1. The zero-order valence-electron chi connectivity index (χ0n) is 14.0. The Labute approximate surface area is 146 Å². The first-order chi connectivity index (χ1) is 12.2. The van der Waals surface area contributed by atoms with Gasteiger partial charge >= 0.3 is 0 Å². The molecular formula is C21H19FN2O. The van der Waals surface area contributed by atoms with E-state index in [1.165, 1.54) is 12.1 Å². The zero-order valence-corrected chi connectivity index (χ0v) is 14.0. The third-order valence-electron chi connectivity index (χ3n) is 4.99. The second kappa shape index (κ2) is 6.23. The molecule has 1 unspecified atom stereocenters. The van der Waals surface area contributed by atoms with Crippen LogP contribution in [0.15, 0.2) is 66.0 Å². The van der Waals surface area contributed by atoms with Gasteiger partial charge in [-0.3, -0.25) is 9.69 Å². The fourth-order valence-electron chi connectivity index (χ4n) is 3.68. The van der Waals surface area contributed by atoms with Gasteiger partial charge in [0.15, 0.2) is 0 Å². The molecule has 126 valence electrons. The molecule has 1 N–H and O–H groups in total. The first kappa shape index (κ1) is 15.7. The number of fused-ring (bicyclic) bond motifs is 2. The van der Waals surface area contributed by atoms with Crippen LogP contribution in [0.5, 0.6) is 0 Å². The van der Waals surface area contributed by atoms with Crippen molar-refractivity contribution >= 4 is 11.6 Å². The fourth-order valence-corrected chi connectivity index (χ4v) is 3.68. The van der Waals surface area contributed by atoms with E-state index in [-0.39, 0.29) is 17.8 Å². The second-order valence-corrected chi connectivity index (χ2v) is 6.52. The van der Waals surface area contributed by atoms with E-state index in [9.17, 15) is 9.18 Å². The lowest BCUT2D eigenvalue weighted by Crippen LogP contribution is -2.40. The molecule has 2 aromatic rings. The van der Waals surface area contributed by atoms with E-state index in [1.807, 2.05) is 54.4 Å². The largest absolute Gasteiger partial charge is 0.388 e. The number of hydrogen-bond acceptors (Lipinski definition) is 2. The number of benzene rings is 2. The number of nitrogens with one attached hydrogen (secondary N) is 1. The van der Waals surface area contributed by atoms with Crippen molar-refractivity contribution in [1.82, 2.24) is 4.90 Å². The molecule has 2 aromatic carbocycles. The van der Waals surface area contributed by atoms with Gasteiger partial charge in [-0.25, -0.2) is 4.39 Å². The summed E-state index contributed by atoms with van der Waals surface area (Å²) in [4.78, 5) is 14.8. The normalized spacial score (nSPS) is 21.2. The third kappa shape index (κ3) is 2.86. The molecular weight excluding hydrogens is 315 g/mol. The summed E-state index contributed by atoms with van der Waals surface area (Å²) >= 11 is 0. The third-order valence-corrected chi connectivity index (χ3v) is 4.99. The van der Waals surface area contributed by atoms with Crippen LogP contribution in [0.1, 0.15) is 34.7 Å². The molecule has 1 saturated heterocycles. The number of amides is 1. The summed E-state index contributed by atoms with van der Waals surface area (Å²) < 4.78 is 13.2. The number of nitrogens with zero attached hydrogens (tertiary/aromatic N) is 1. The summed E-state index contributed by atoms with van der Waals surface area (Å²) in [5.41, 5.74) is 6.89. The van der Waals surface area contributed by atoms with Gasteiger partial charge in [0.1, 0.15) is 5.82 Å². The Bertz CT molecular complexity index is 881. The number of carbonyl (C=O) groups excluding carboxylic acids is 1. The lowest BCUT2D eigenvalue weighted by molar-refractivity contribution is 0.0740. The van der Waals surface area contributed by atoms with Crippen molar-refractivity contribution in [1.29, 1.82) is 0 Å². The van der Waals surface area contributed by atoms with E-state index in [0.717, 1.165) is 29.8 Å². The molecule has 0 aliphatic carbocycles. The van der Waals surface area contributed by atoms with Gasteiger partial charge < -0.3 is 5.32 Å². The maximum Gasteiger partial charge on any atom is 0.259 e. The predicted octanol–water partition coefficient (Wildman–Crippen LogP) is 4.31. The smallest absolute Gasteiger partial charge is 0.259 e. The van der Waals surface area contributed by atoms with Crippen molar-refractivity contribution in [3.8, 4) is 0 Å². The summed E-state index contributed by atoms with van der Waals surface area (Å²) in [7, 11) is 1.84. The molecule has 25 heavy (non-hydrogen) atoms. The quantitative estimate of drug-likeness (QED) is 0.849. The minimum Gasteiger partial charge on any atom is -0.388 e. The van der Waals surface area contributed by atoms with Crippen LogP contribution in [0.3, 0.4) is 0 Å². The fraction of sp³-hybridized carbons (Fsp3) is 0.238. The number of carbonyl (C=O) groups is 1. The first-order valence-corrected chi connectivity index (χ1v) is 8.48. The number of piperidine rings is 1. The summed E-state index contributed by atoms with van der Waals surface area (Å²) in [5, 5.41) is 3.06. The van der Waals surface area contributed by atoms with Crippen LogP contribution in [0, 0.1) is 5.82 Å². The molecule has 4 rings (SSSR count). The second-order valence-electron chi connectivity index (χ2n) is 6.52. The molecule has 2 bridgehead atoms. The van der Waals surface area contributed by atoms with Crippen LogP contribution in [0.4, 0.5) is 10.1 Å². The Morgan fingerprint density at radius 1 is 1.24 bits per heavy atom. The summed E-state index contributed by atoms with van der Waals surface area (Å²) in [6.45, 7) is 0. The van der Waals surface area contributed by atoms with Crippen molar-refractivity contribution in [2.75, 3.05) is 12.4 Å². The Morgan fingerprint density at radius 3 is 2.76 bits per heavy atom. The van der Waals surface area contributed by atoms with E-state index >= 15 is 0 Å². The molecule has 1 fully saturated rings. The van der Waals surface area contributed by atoms with Crippen LogP contribution in [0.2, 0.25) is 0 Å². The summed E-state index contributed by atoms with van der Waals surface area (Å²) in [6.07, 6.45) is 3.56. The predicted molar refractivity (Wildman–Crippen MR) is 95.9 cm³/mol. The Hall–Kier alpha value is -2.84. The van der Waals surface area contributed by atoms with Crippen LogP contribution in [0.25, 0.3) is 0 Å². The van der Waals surface area contributed by atoms with Crippen LogP contribution in [-0.2, 0) is 0 Å². The number of rotatable bonds is 3. The van der Waals surface area contributed by atoms with Crippen molar-refractivity contribution in [2.24, 2.45) is 0 Å². The highest BCUT2D eigenvalue weighted by Gasteiger charge is 2.37. The van der Waals surface area contributed by atoms with E-state index < -0.39 is 0 Å². The SMILES string of the molecule is CNc1cccc(C(=O)N2C3=C=C[C@@H]2CC(c2ccc(F)cc2)C3)c1. The average molecular weight is 334 g/mol. The van der Waals surface area contributed by atoms with E-state index in [0.29, 0.717) is 11.5 Å². The topological polar surface area (TPSA) is 32.3 Å². The average Bonchev–Trinajstić information content (AvgIpc) is 2.91. The molecule has 3 nitrogen and oxygen atoms in total. The highest BCUT2D eigenvalue weighted by Crippen LogP contribution is 2.40. The van der Waals surface area contributed by atoms with Crippen molar-refractivity contribution in [3.05, 3.63) is 83.0 Å². The molecule has 1 amide bonds. The van der Waals surface area contributed by atoms with Gasteiger partial charge in [-0.05, 0) is 54.3 Å². The summed E-state index contributed by atoms with van der Waals surface area (Å²) in [5.74, 6) is 0.0801. The maximum absolute atomic E-state index is 13.2. The molecule has 2 aliphatic rings. The molecule has 0 aromatic heterocycles. The van der Waals surface area contributed by atoms with Gasteiger partial charge in [-0.1, -0.05) is 18.2 Å².